The van der Waals surface area contributed by atoms with E-state index in [0.29, 0.717) is 42.3 Å². The molecule has 0 aliphatic heterocycles. The molecule has 1 amide bonds. The van der Waals surface area contributed by atoms with E-state index in [-0.39, 0.29) is 5.91 Å². The number of carbonyl (C=O) groups excluding carboxylic acids is 1. The molecule has 0 bridgehead atoms. The highest BCUT2D eigenvalue weighted by Crippen LogP contribution is 2.24. The summed E-state index contributed by atoms with van der Waals surface area (Å²) in [5.74, 6) is 2.64. The molecule has 2 aromatic heterocycles. The molecule has 6 nitrogen and oxygen atoms in total. The van der Waals surface area contributed by atoms with Gasteiger partial charge in [0.05, 0.1) is 6.20 Å². The number of oxazole rings is 1. The topological polar surface area (TPSA) is 77.2 Å². The molecule has 2 aromatic carbocycles. The van der Waals surface area contributed by atoms with Crippen LogP contribution in [-0.2, 0) is 11.2 Å². The number of amides is 1. The second-order valence-corrected chi connectivity index (χ2v) is 6.70. The number of ether oxygens (including phenoxy) is 1. The zero-order valence-electron chi connectivity index (χ0n) is 16.3. The Morgan fingerprint density at radius 1 is 0.967 bits per heavy atom. The van der Waals surface area contributed by atoms with Crippen molar-refractivity contribution in [2.24, 2.45) is 0 Å². The van der Waals surface area contributed by atoms with Gasteiger partial charge in [-0.15, -0.1) is 0 Å². The number of benzene rings is 2. The van der Waals surface area contributed by atoms with Gasteiger partial charge in [-0.3, -0.25) is 9.78 Å². The summed E-state index contributed by atoms with van der Waals surface area (Å²) in [5, 5.41) is 2.90. The fourth-order valence-electron chi connectivity index (χ4n) is 2.97. The SMILES string of the molecule is O=C(CCCc1ncc(-c2ccccc2)o1)Nc1cccc(Oc2ccncc2)c1. The number of rotatable bonds is 8. The molecule has 150 valence electrons. The standard InChI is InChI=1S/C24H21N3O3/c28-23(10-5-11-24-26-17-22(30-24)18-6-2-1-3-7-18)27-19-8-4-9-21(16-19)29-20-12-14-25-15-13-20/h1-4,6-9,12-17H,5,10-11H2,(H,27,28). The maximum Gasteiger partial charge on any atom is 0.224 e. The minimum Gasteiger partial charge on any atom is -0.457 e. The maximum absolute atomic E-state index is 12.3. The number of aromatic nitrogens is 2. The second kappa shape index (κ2) is 9.52. The van der Waals surface area contributed by atoms with Crippen molar-refractivity contribution >= 4 is 11.6 Å². The summed E-state index contributed by atoms with van der Waals surface area (Å²) in [6.07, 6.45) is 6.67. The smallest absolute Gasteiger partial charge is 0.224 e. The first-order valence-corrected chi connectivity index (χ1v) is 9.74. The van der Waals surface area contributed by atoms with E-state index < -0.39 is 0 Å². The van der Waals surface area contributed by atoms with Crippen LogP contribution in [0.1, 0.15) is 18.7 Å². The Labute approximate surface area is 174 Å². The minimum atomic E-state index is -0.0640. The van der Waals surface area contributed by atoms with Gasteiger partial charge in [0, 0.05) is 42.6 Å². The third kappa shape index (κ3) is 5.32. The normalized spacial score (nSPS) is 10.5. The number of hydrogen-bond acceptors (Lipinski definition) is 5. The number of aryl methyl sites for hydroxylation is 1. The zero-order valence-corrected chi connectivity index (χ0v) is 16.3. The monoisotopic (exact) mass is 399 g/mol. The lowest BCUT2D eigenvalue weighted by molar-refractivity contribution is -0.116. The van der Waals surface area contributed by atoms with Gasteiger partial charge < -0.3 is 14.5 Å². The highest BCUT2D eigenvalue weighted by atomic mass is 16.5. The summed E-state index contributed by atoms with van der Waals surface area (Å²) in [6, 6.07) is 20.7. The van der Waals surface area contributed by atoms with Gasteiger partial charge in [-0.25, -0.2) is 4.98 Å². The van der Waals surface area contributed by atoms with Crippen LogP contribution in [0.5, 0.6) is 11.5 Å². The number of carbonyl (C=O) groups is 1. The lowest BCUT2D eigenvalue weighted by atomic mass is 10.2. The van der Waals surface area contributed by atoms with Crippen molar-refractivity contribution in [2.75, 3.05) is 5.32 Å². The average molecular weight is 399 g/mol. The van der Waals surface area contributed by atoms with Crippen LogP contribution in [0.2, 0.25) is 0 Å². The summed E-state index contributed by atoms with van der Waals surface area (Å²) in [5.41, 5.74) is 1.68. The Bertz CT molecular complexity index is 1090. The van der Waals surface area contributed by atoms with E-state index in [0.717, 1.165) is 11.3 Å². The van der Waals surface area contributed by atoms with Crippen LogP contribution in [-0.4, -0.2) is 15.9 Å². The molecule has 0 spiro atoms. The Kier molecular flexibility index (Phi) is 6.15. The predicted molar refractivity (Wildman–Crippen MR) is 114 cm³/mol. The van der Waals surface area contributed by atoms with E-state index in [1.807, 2.05) is 48.5 Å². The second-order valence-electron chi connectivity index (χ2n) is 6.70. The molecule has 0 atom stereocenters. The van der Waals surface area contributed by atoms with Gasteiger partial charge in [-0.1, -0.05) is 36.4 Å². The molecule has 0 saturated carbocycles. The third-order valence-corrected chi connectivity index (χ3v) is 4.41. The lowest BCUT2D eigenvalue weighted by Crippen LogP contribution is -2.11. The highest BCUT2D eigenvalue weighted by molar-refractivity contribution is 5.90. The number of nitrogens with zero attached hydrogens (tertiary/aromatic N) is 2. The van der Waals surface area contributed by atoms with Crippen LogP contribution < -0.4 is 10.1 Å². The summed E-state index contributed by atoms with van der Waals surface area (Å²) in [7, 11) is 0. The summed E-state index contributed by atoms with van der Waals surface area (Å²) in [4.78, 5) is 20.6. The number of pyridine rings is 1. The number of nitrogens with one attached hydrogen (secondary N) is 1. The van der Waals surface area contributed by atoms with E-state index >= 15 is 0 Å². The van der Waals surface area contributed by atoms with Crippen LogP contribution in [0.15, 0.2) is 89.7 Å². The van der Waals surface area contributed by atoms with E-state index in [2.05, 4.69) is 15.3 Å². The molecule has 0 aliphatic rings. The maximum atomic E-state index is 12.3. The molecule has 6 heteroatoms. The molecule has 2 heterocycles. The molecule has 0 unspecified atom stereocenters. The van der Waals surface area contributed by atoms with Crippen LogP contribution in [0.4, 0.5) is 5.69 Å². The van der Waals surface area contributed by atoms with Gasteiger partial charge in [0.25, 0.3) is 0 Å². The van der Waals surface area contributed by atoms with E-state index in [9.17, 15) is 4.79 Å². The van der Waals surface area contributed by atoms with Gasteiger partial charge >= 0.3 is 0 Å². The van der Waals surface area contributed by atoms with Crippen molar-refractivity contribution in [3.8, 4) is 22.8 Å². The van der Waals surface area contributed by atoms with Gasteiger partial charge in [0.15, 0.2) is 11.7 Å². The van der Waals surface area contributed by atoms with Gasteiger partial charge in [0.1, 0.15) is 11.5 Å². The Morgan fingerprint density at radius 2 is 1.80 bits per heavy atom. The van der Waals surface area contributed by atoms with Crippen LogP contribution in [0.25, 0.3) is 11.3 Å². The molecule has 4 aromatic rings. The first kappa shape index (κ1) is 19.4. The number of anilines is 1. The molecule has 1 N–H and O–H groups in total. The fourth-order valence-corrected chi connectivity index (χ4v) is 2.97. The molecule has 4 rings (SSSR count). The fraction of sp³-hybridized carbons (Fsp3) is 0.125. The highest BCUT2D eigenvalue weighted by Gasteiger charge is 2.08. The average Bonchev–Trinajstić information content (AvgIpc) is 3.24. The van der Waals surface area contributed by atoms with Crippen molar-refractivity contribution in [1.82, 2.24) is 9.97 Å². The van der Waals surface area contributed by atoms with E-state index in [4.69, 9.17) is 9.15 Å². The quantitative estimate of drug-likeness (QED) is 0.424. The van der Waals surface area contributed by atoms with Crippen LogP contribution in [0.3, 0.4) is 0 Å². The first-order valence-electron chi connectivity index (χ1n) is 9.74. The van der Waals surface area contributed by atoms with Crippen molar-refractivity contribution < 1.29 is 13.9 Å². The Hall–Kier alpha value is -3.93. The van der Waals surface area contributed by atoms with Gasteiger partial charge in [-0.05, 0) is 30.7 Å². The van der Waals surface area contributed by atoms with E-state index in [1.165, 1.54) is 0 Å². The largest absolute Gasteiger partial charge is 0.457 e. The summed E-state index contributed by atoms with van der Waals surface area (Å²) < 4.78 is 11.5. The molecule has 0 saturated heterocycles. The predicted octanol–water partition coefficient (Wildman–Crippen LogP) is 5.49. The molecule has 0 aliphatic carbocycles. The van der Waals surface area contributed by atoms with Crippen LogP contribution in [0, 0.1) is 0 Å². The molecule has 0 fully saturated rings. The lowest BCUT2D eigenvalue weighted by Gasteiger charge is -2.08. The first-order chi connectivity index (χ1) is 14.8. The zero-order chi connectivity index (χ0) is 20.6. The van der Waals surface area contributed by atoms with Crippen molar-refractivity contribution in [3.63, 3.8) is 0 Å². The van der Waals surface area contributed by atoms with Gasteiger partial charge in [0.2, 0.25) is 5.91 Å². The Balaban J connectivity index is 1.26. The van der Waals surface area contributed by atoms with E-state index in [1.54, 1.807) is 36.8 Å². The molecule has 30 heavy (non-hydrogen) atoms. The third-order valence-electron chi connectivity index (χ3n) is 4.41. The number of hydrogen-bond donors (Lipinski definition) is 1. The van der Waals surface area contributed by atoms with Gasteiger partial charge in [-0.2, -0.15) is 0 Å². The molecular formula is C24H21N3O3. The Morgan fingerprint density at radius 3 is 2.63 bits per heavy atom. The van der Waals surface area contributed by atoms with Crippen molar-refractivity contribution in [2.45, 2.75) is 19.3 Å². The van der Waals surface area contributed by atoms with Crippen molar-refractivity contribution in [1.29, 1.82) is 0 Å². The summed E-state index contributed by atoms with van der Waals surface area (Å²) in [6.45, 7) is 0. The molecular weight excluding hydrogens is 378 g/mol. The van der Waals surface area contributed by atoms with Crippen LogP contribution >= 0.6 is 0 Å². The van der Waals surface area contributed by atoms with Crippen molar-refractivity contribution in [3.05, 3.63) is 91.2 Å². The molecule has 0 radical (unpaired) electrons. The minimum absolute atomic E-state index is 0.0640. The summed E-state index contributed by atoms with van der Waals surface area (Å²) >= 11 is 0.